The summed E-state index contributed by atoms with van der Waals surface area (Å²) in [5.41, 5.74) is 2.58. The first-order chi connectivity index (χ1) is 11.5. The summed E-state index contributed by atoms with van der Waals surface area (Å²) in [5.74, 6) is -1.16. The van der Waals surface area contributed by atoms with Crippen LogP contribution in [-0.2, 0) is 9.59 Å². The molecular weight excluding hydrogens is 310 g/mol. The molecule has 0 amide bonds. The number of carboxylic acids is 2. The lowest BCUT2D eigenvalue weighted by Gasteiger charge is -2.28. The van der Waals surface area contributed by atoms with E-state index in [9.17, 15) is 14.7 Å². The molecule has 1 heterocycles. The summed E-state index contributed by atoms with van der Waals surface area (Å²) >= 11 is 0. The van der Waals surface area contributed by atoms with Crippen molar-refractivity contribution in [3.05, 3.63) is 47.5 Å². The maximum absolute atomic E-state index is 10.1. The number of fused-ring (bicyclic) bond motifs is 1. The zero-order valence-electron chi connectivity index (χ0n) is 13.4. The van der Waals surface area contributed by atoms with Crippen LogP contribution in [0.5, 0.6) is 0 Å². The topological polar surface area (TPSA) is 107 Å². The quantitative estimate of drug-likeness (QED) is 0.630. The van der Waals surface area contributed by atoms with Gasteiger partial charge in [0.25, 0.3) is 0 Å². The molecule has 3 rings (SSSR count). The van der Waals surface area contributed by atoms with Crippen LogP contribution >= 0.6 is 0 Å². The zero-order valence-corrected chi connectivity index (χ0v) is 13.4. The van der Waals surface area contributed by atoms with Crippen molar-refractivity contribution < 1.29 is 24.9 Å². The van der Waals surface area contributed by atoms with Crippen LogP contribution in [0, 0.1) is 5.92 Å². The third kappa shape index (κ3) is 4.91. The van der Waals surface area contributed by atoms with E-state index in [2.05, 4.69) is 23.5 Å². The Kier molecular flexibility index (Phi) is 6.52. The monoisotopic (exact) mass is 333 g/mol. The average molecular weight is 333 g/mol. The van der Waals surface area contributed by atoms with E-state index in [1.165, 1.54) is 24.0 Å². The highest BCUT2D eigenvalue weighted by Crippen LogP contribution is 2.46. The van der Waals surface area contributed by atoms with E-state index < -0.39 is 11.9 Å². The number of nitrogens with one attached hydrogen (secondary N) is 1. The number of benzene rings is 1. The van der Waals surface area contributed by atoms with Gasteiger partial charge in [-0.3, -0.25) is 0 Å². The van der Waals surface area contributed by atoms with Crippen LogP contribution in [0.1, 0.15) is 42.4 Å². The summed E-state index contributed by atoms with van der Waals surface area (Å²) in [6.45, 7) is 2.28. The SMILES string of the molecule is O=C(O)/C=C/C(=O)O.OC1CC(C2CCNCC2)c2ccccc21. The molecule has 1 aliphatic carbocycles. The fourth-order valence-corrected chi connectivity index (χ4v) is 3.48. The van der Waals surface area contributed by atoms with Gasteiger partial charge in [-0.05, 0) is 55.3 Å². The van der Waals surface area contributed by atoms with Gasteiger partial charge in [0.1, 0.15) is 0 Å². The third-order valence-electron chi connectivity index (χ3n) is 4.55. The molecule has 6 heteroatoms. The minimum atomic E-state index is -1.26. The van der Waals surface area contributed by atoms with Crippen molar-refractivity contribution >= 4 is 11.9 Å². The number of rotatable bonds is 3. The predicted molar refractivity (Wildman–Crippen MR) is 88.8 cm³/mol. The number of carboxylic acid groups (broad SMARTS) is 2. The molecule has 1 fully saturated rings. The summed E-state index contributed by atoms with van der Waals surface area (Å²) in [5, 5.41) is 29.1. The average Bonchev–Trinajstić information content (AvgIpc) is 2.92. The van der Waals surface area contributed by atoms with Crippen molar-refractivity contribution in [2.45, 2.75) is 31.3 Å². The Bertz CT molecular complexity index is 591. The van der Waals surface area contributed by atoms with Gasteiger partial charge in [-0.25, -0.2) is 9.59 Å². The number of piperidine rings is 1. The molecule has 1 aromatic rings. The Morgan fingerprint density at radius 2 is 1.54 bits per heavy atom. The molecular formula is C18H23NO5. The molecule has 24 heavy (non-hydrogen) atoms. The lowest BCUT2D eigenvalue weighted by Crippen LogP contribution is -2.30. The first kappa shape index (κ1) is 18.2. The zero-order chi connectivity index (χ0) is 17.5. The van der Waals surface area contributed by atoms with Crippen molar-refractivity contribution in [1.29, 1.82) is 0 Å². The highest BCUT2D eigenvalue weighted by atomic mass is 16.4. The Hall–Kier alpha value is -2.18. The molecule has 6 nitrogen and oxygen atoms in total. The Balaban J connectivity index is 0.000000224. The Morgan fingerprint density at radius 3 is 2.08 bits per heavy atom. The van der Waals surface area contributed by atoms with Gasteiger partial charge in [-0.2, -0.15) is 0 Å². The lowest BCUT2D eigenvalue weighted by molar-refractivity contribution is -0.134. The van der Waals surface area contributed by atoms with Crippen LogP contribution in [0.2, 0.25) is 0 Å². The van der Waals surface area contributed by atoms with Crippen LogP contribution in [0.3, 0.4) is 0 Å². The van der Waals surface area contributed by atoms with Gasteiger partial charge >= 0.3 is 11.9 Å². The second kappa shape index (κ2) is 8.61. The molecule has 1 aliphatic heterocycles. The van der Waals surface area contributed by atoms with Crippen molar-refractivity contribution in [3.63, 3.8) is 0 Å². The van der Waals surface area contributed by atoms with E-state index >= 15 is 0 Å². The fourth-order valence-electron chi connectivity index (χ4n) is 3.48. The molecule has 2 atom stereocenters. The molecule has 2 aliphatic rings. The van der Waals surface area contributed by atoms with E-state index in [0.717, 1.165) is 25.4 Å². The number of hydrogen-bond acceptors (Lipinski definition) is 4. The van der Waals surface area contributed by atoms with Crippen LogP contribution in [0.25, 0.3) is 0 Å². The second-order valence-electron chi connectivity index (χ2n) is 6.08. The summed E-state index contributed by atoms with van der Waals surface area (Å²) in [6, 6.07) is 8.43. The van der Waals surface area contributed by atoms with Crippen molar-refractivity contribution in [3.8, 4) is 0 Å². The Morgan fingerprint density at radius 1 is 1.00 bits per heavy atom. The van der Waals surface area contributed by atoms with Gasteiger partial charge in [0.05, 0.1) is 6.10 Å². The summed E-state index contributed by atoms with van der Waals surface area (Å²) in [4.78, 5) is 19.1. The molecule has 2 unspecified atom stereocenters. The number of aliphatic carboxylic acids is 2. The van der Waals surface area contributed by atoms with E-state index in [0.29, 0.717) is 18.1 Å². The molecule has 1 aromatic carbocycles. The molecule has 0 aromatic heterocycles. The first-order valence-electron chi connectivity index (χ1n) is 8.10. The van der Waals surface area contributed by atoms with Crippen LogP contribution in [0.15, 0.2) is 36.4 Å². The second-order valence-corrected chi connectivity index (χ2v) is 6.08. The third-order valence-corrected chi connectivity index (χ3v) is 4.55. The smallest absolute Gasteiger partial charge is 0.328 e. The number of aliphatic hydroxyl groups excluding tert-OH is 1. The van der Waals surface area contributed by atoms with Gasteiger partial charge in [0.2, 0.25) is 0 Å². The minimum Gasteiger partial charge on any atom is -0.478 e. The summed E-state index contributed by atoms with van der Waals surface area (Å²) < 4.78 is 0. The van der Waals surface area contributed by atoms with Crippen LogP contribution in [-0.4, -0.2) is 40.3 Å². The molecule has 1 saturated heterocycles. The van der Waals surface area contributed by atoms with E-state index in [1.54, 1.807) is 0 Å². The minimum absolute atomic E-state index is 0.226. The molecule has 0 spiro atoms. The normalized spacial score (nSPS) is 23.4. The van der Waals surface area contributed by atoms with Gasteiger partial charge in [0.15, 0.2) is 0 Å². The van der Waals surface area contributed by atoms with Crippen LogP contribution in [0.4, 0.5) is 0 Å². The molecule has 0 bridgehead atoms. The predicted octanol–water partition coefficient (Wildman–Crippen LogP) is 1.92. The van der Waals surface area contributed by atoms with E-state index in [4.69, 9.17) is 10.2 Å². The molecule has 0 radical (unpaired) electrons. The highest BCUT2D eigenvalue weighted by Gasteiger charge is 2.34. The van der Waals surface area contributed by atoms with Gasteiger partial charge in [0, 0.05) is 12.2 Å². The first-order valence-corrected chi connectivity index (χ1v) is 8.10. The fraction of sp³-hybridized carbons (Fsp3) is 0.444. The van der Waals surface area contributed by atoms with Crippen LogP contribution < -0.4 is 5.32 Å². The van der Waals surface area contributed by atoms with Crippen molar-refractivity contribution in [2.75, 3.05) is 13.1 Å². The maximum Gasteiger partial charge on any atom is 0.328 e. The standard InChI is InChI=1S/C14H19NO.C4H4O4/c16-14-9-13(10-5-7-15-8-6-10)11-3-1-2-4-12(11)14;5-3(6)1-2-4(7)8/h1-4,10,13-16H,5-9H2;1-2H,(H,5,6)(H,7,8)/b;2-1+. The summed E-state index contributed by atoms with van der Waals surface area (Å²) in [7, 11) is 0. The highest BCUT2D eigenvalue weighted by molar-refractivity contribution is 5.89. The molecule has 0 saturated carbocycles. The van der Waals surface area contributed by atoms with Crippen molar-refractivity contribution in [1.82, 2.24) is 5.32 Å². The summed E-state index contributed by atoms with van der Waals surface area (Å²) in [6.07, 6.45) is 4.34. The number of carbonyl (C=O) groups is 2. The Labute approximate surface area is 140 Å². The lowest BCUT2D eigenvalue weighted by atomic mass is 9.81. The number of hydrogen-bond donors (Lipinski definition) is 4. The maximum atomic E-state index is 10.1. The molecule has 130 valence electrons. The van der Waals surface area contributed by atoms with E-state index in [1.807, 2.05) is 6.07 Å². The number of aliphatic hydroxyl groups is 1. The van der Waals surface area contributed by atoms with Gasteiger partial charge in [-0.15, -0.1) is 0 Å². The molecule has 4 N–H and O–H groups in total. The van der Waals surface area contributed by atoms with Gasteiger partial charge < -0.3 is 20.6 Å². The van der Waals surface area contributed by atoms with Crippen molar-refractivity contribution in [2.24, 2.45) is 5.92 Å². The largest absolute Gasteiger partial charge is 0.478 e. The van der Waals surface area contributed by atoms with E-state index in [-0.39, 0.29) is 6.10 Å². The van der Waals surface area contributed by atoms with Gasteiger partial charge in [-0.1, -0.05) is 24.3 Å².